The topological polar surface area (TPSA) is 33.1 Å². The van der Waals surface area contributed by atoms with Crippen LogP contribution in [0.2, 0.25) is 0 Å². The number of thiophene rings is 1. The fourth-order valence-corrected chi connectivity index (χ4v) is 3.50. The number of hydrogen-bond acceptors (Lipinski definition) is 4. The van der Waals surface area contributed by atoms with E-state index < -0.39 is 6.10 Å². The van der Waals surface area contributed by atoms with Crippen molar-refractivity contribution >= 4 is 32.8 Å². The second-order valence-corrected chi connectivity index (χ2v) is 6.10. The van der Waals surface area contributed by atoms with E-state index in [1.807, 2.05) is 6.07 Å². The van der Waals surface area contributed by atoms with E-state index in [1.54, 1.807) is 17.8 Å². The van der Waals surface area contributed by atoms with Gasteiger partial charge >= 0.3 is 0 Å². The molecule has 2 heterocycles. The number of aliphatic hydroxyl groups excluding tert-OH is 1. The van der Waals surface area contributed by atoms with Crippen molar-refractivity contribution in [1.29, 1.82) is 0 Å². The summed E-state index contributed by atoms with van der Waals surface area (Å²) in [5.74, 6) is -0.246. The van der Waals surface area contributed by atoms with Crippen molar-refractivity contribution in [3.05, 3.63) is 51.5 Å². The molecule has 0 fully saturated rings. The first-order valence-corrected chi connectivity index (χ1v) is 7.16. The van der Waals surface area contributed by atoms with Gasteiger partial charge in [0.2, 0.25) is 0 Å². The number of fused-ring (bicyclic) bond motifs is 1. The maximum Gasteiger partial charge on any atom is 0.123 e. The Bertz CT molecular complexity index is 663. The van der Waals surface area contributed by atoms with Gasteiger partial charge in [-0.2, -0.15) is 0 Å². The number of hydrogen-bond donors (Lipinski definition) is 1. The summed E-state index contributed by atoms with van der Waals surface area (Å²) in [7, 11) is 0. The molecular formula is C13H10FNOS2. The molecule has 0 aliphatic rings. The highest BCUT2D eigenvalue weighted by Gasteiger charge is 2.13. The van der Waals surface area contributed by atoms with E-state index in [-0.39, 0.29) is 5.82 Å². The molecule has 0 saturated carbocycles. The first kappa shape index (κ1) is 11.8. The van der Waals surface area contributed by atoms with Crippen LogP contribution < -0.4 is 0 Å². The quantitative estimate of drug-likeness (QED) is 0.791. The highest BCUT2D eigenvalue weighted by atomic mass is 32.1. The summed E-state index contributed by atoms with van der Waals surface area (Å²) < 4.78 is 14.1. The molecule has 0 aliphatic carbocycles. The van der Waals surface area contributed by atoms with Gasteiger partial charge in [-0.1, -0.05) is 0 Å². The second kappa shape index (κ2) is 4.76. The average molecular weight is 279 g/mol. The number of rotatable bonds is 3. The molecule has 0 saturated heterocycles. The molecule has 0 amide bonds. The van der Waals surface area contributed by atoms with E-state index in [4.69, 9.17) is 0 Å². The second-order valence-electron chi connectivity index (χ2n) is 4.02. The van der Waals surface area contributed by atoms with Crippen molar-refractivity contribution in [3.63, 3.8) is 0 Å². The molecule has 0 aliphatic heterocycles. The number of aliphatic hydroxyl groups is 1. The standard InChI is InChI=1S/C13H10FNOS2/c14-9-1-2-12-8(3-9)4-13(18-12)11(16)5-10-6-15-7-17-10/h1-4,6-7,11,16H,5H2. The van der Waals surface area contributed by atoms with Gasteiger partial charge in [-0.05, 0) is 29.7 Å². The van der Waals surface area contributed by atoms with E-state index in [2.05, 4.69) is 4.98 Å². The molecule has 2 nitrogen and oxygen atoms in total. The molecule has 1 atom stereocenters. The lowest BCUT2D eigenvalue weighted by Gasteiger charge is -2.05. The van der Waals surface area contributed by atoms with Gasteiger partial charge in [-0.25, -0.2) is 4.39 Å². The van der Waals surface area contributed by atoms with Crippen LogP contribution in [0.4, 0.5) is 4.39 Å². The molecule has 3 rings (SSSR count). The Morgan fingerprint density at radius 2 is 2.22 bits per heavy atom. The fraction of sp³-hybridized carbons (Fsp3) is 0.154. The Hall–Kier alpha value is -1.30. The van der Waals surface area contributed by atoms with Crippen LogP contribution in [0.5, 0.6) is 0 Å². The summed E-state index contributed by atoms with van der Waals surface area (Å²) in [5, 5.41) is 11.0. The monoisotopic (exact) mass is 279 g/mol. The molecule has 1 aromatic carbocycles. The molecule has 3 aromatic rings. The molecule has 2 aromatic heterocycles. The van der Waals surface area contributed by atoms with E-state index in [1.165, 1.54) is 34.8 Å². The SMILES string of the molecule is OC(Cc1cncs1)c1cc2cc(F)ccc2s1. The minimum atomic E-state index is -0.550. The predicted octanol–water partition coefficient (Wildman–Crippen LogP) is 3.77. The Morgan fingerprint density at radius 3 is 3.00 bits per heavy atom. The Morgan fingerprint density at radius 1 is 1.33 bits per heavy atom. The van der Waals surface area contributed by atoms with Gasteiger partial charge < -0.3 is 5.11 Å². The number of benzene rings is 1. The third-order valence-electron chi connectivity index (χ3n) is 2.70. The minimum Gasteiger partial charge on any atom is -0.387 e. The lowest BCUT2D eigenvalue weighted by atomic mass is 10.2. The maximum absolute atomic E-state index is 13.1. The predicted molar refractivity (Wildman–Crippen MR) is 72.6 cm³/mol. The number of nitrogens with zero attached hydrogens (tertiary/aromatic N) is 1. The summed E-state index contributed by atoms with van der Waals surface area (Å²) >= 11 is 3.03. The molecule has 0 bridgehead atoms. The van der Waals surface area contributed by atoms with Crippen molar-refractivity contribution in [3.8, 4) is 0 Å². The third-order valence-corrected chi connectivity index (χ3v) is 4.72. The lowest BCUT2D eigenvalue weighted by Crippen LogP contribution is -1.97. The van der Waals surface area contributed by atoms with Crippen LogP contribution in [0.1, 0.15) is 15.9 Å². The highest BCUT2D eigenvalue weighted by Crippen LogP contribution is 2.32. The zero-order valence-corrected chi connectivity index (χ0v) is 11.0. The van der Waals surface area contributed by atoms with Crippen LogP contribution >= 0.6 is 22.7 Å². The van der Waals surface area contributed by atoms with Gasteiger partial charge in [0.25, 0.3) is 0 Å². The van der Waals surface area contributed by atoms with Gasteiger partial charge in [0, 0.05) is 27.1 Å². The molecule has 18 heavy (non-hydrogen) atoms. The first-order chi connectivity index (χ1) is 8.72. The van der Waals surface area contributed by atoms with Gasteiger partial charge in [0.05, 0.1) is 11.6 Å². The first-order valence-electron chi connectivity index (χ1n) is 5.47. The number of aromatic nitrogens is 1. The third kappa shape index (κ3) is 2.29. The van der Waals surface area contributed by atoms with Crippen LogP contribution in [0, 0.1) is 5.82 Å². The van der Waals surface area contributed by atoms with Crippen molar-refractivity contribution in [1.82, 2.24) is 4.98 Å². The molecule has 0 spiro atoms. The maximum atomic E-state index is 13.1. The van der Waals surface area contributed by atoms with Gasteiger partial charge in [0.1, 0.15) is 5.82 Å². The summed E-state index contributed by atoms with van der Waals surface area (Å²) in [6.07, 6.45) is 1.77. The van der Waals surface area contributed by atoms with Crippen molar-refractivity contribution in [2.24, 2.45) is 0 Å². The summed E-state index contributed by atoms with van der Waals surface area (Å²) in [4.78, 5) is 5.90. The summed E-state index contributed by atoms with van der Waals surface area (Å²) in [6.45, 7) is 0. The molecular weight excluding hydrogens is 269 g/mol. The highest BCUT2D eigenvalue weighted by molar-refractivity contribution is 7.19. The summed E-state index contributed by atoms with van der Waals surface area (Å²) in [5.41, 5.74) is 1.75. The van der Waals surface area contributed by atoms with Crippen LogP contribution in [0.15, 0.2) is 36.0 Å². The van der Waals surface area contributed by atoms with Crippen LogP contribution in [0.25, 0.3) is 10.1 Å². The average Bonchev–Trinajstić information content (AvgIpc) is 2.96. The van der Waals surface area contributed by atoms with Gasteiger partial charge in [0.15, 0.2) is 0 Å². The van der Waals surface area contributed by atoms with Crippen molar-refractivity contribution in [2.75, 3.05) is 0 Å². The smallest absolute Gasteiger partial charge is 0.123 e. The summed E-state index contributed by atoms with van der Waals surface area (Å²) in [6, 6.07) is 6.54. The van der Waals surface area contributed by atoms with E-state index in [0.717, 1.165) is 19.8 Å². The van der Waals surface area contributed by atoms with Gasteiger partial charge in [-0.15, -0.1) is 22.7 Å². The minimum absolute atomic E-state index is 0.246. The molecule has 1 unspecified atom stereocenters. The van der Waals surface area contributed by atoms with Crippen LogP contribution in [0.3, 0.4) is 0 Å². The Kier molecular flexibility index (Phi) is 3.11. The van der Waals surface area contributed by atoms with Crippen molar-refractivity contribution in [2.45, 2.75) is 12.5 Å². The molecule has 92 valence electrons. The Labute approximate surface area is 111 Å². The zero-order valence-electron chi connectivity index (χ0n) is 9.34. The lowest BCUT2D eigenvalue weighted by molar-refractivity contribution is 0.183. The molecule has 5 heteroatoms. The molecule has 0 radical (unpaired) electrons. The van der Waals surface area contributed by atoms with Gasteiger partial charge in [-0.3, -0.25) is 4.98 Å². The largest absolute Gasteiger partial charge is 0.387 e. The Balaban J connectivity index is 1.89. The van der Waals surface area contributed by atoms with E-state index in [0.29, 0.717) is 6.42 Å². The fourth-order valence-electron chi connectivity index (χ4n) is 1.83. The number of halogens is 1. The number of thiazole rings is 1. The zero-order chi connectivity index (χ0) is 12.5. The van der Waals surface area contributed by atoms with E-state index in [9.17, 15) is 9.50 Å². The van der Waals surface area contributed by atoms with Crippen molar-refractivity contribution < 1.29 is 9.50 Å². The van der Waals surface area contributed by atoms with E-state index >= 15 is 0 Å². The van der Waals surface area contributed by atoms with Crippen LogP contribution in [-0.2, 0) is 6.42 Å². The normalized spacial score (nSPS) is 13.0. The molecule has 1 N–H and O–H groups in total. The van der Waals surface area contributed by atoms with Crippen LogP contribution in [-0.4, -0.2) is 10.1 Å².